The molecule has 0 aliphatic carbocycles. The first-order valence-corrected chi connectivity index (χ1v) is 9.34. The maximum atomic E-state index is 12.4. The molecule has 0 aliphatic rings. The molecule has 26 heavy (non-hydrogen) atoms. The van der Waals surface area contributed by atoms with Crippen LogP contribution >= 0.6 is 0 Å². The van der Waals surface area contributed by atoms with Crippen molar-refractivity contribution in [3.8, 4) is 0 Å². The van der Waals surface area contributed by atoms with Crippen LogP contribution in [0.15, 0.2) is 48.5 Å². The molecule has 0 aliphatic heterocycles. The molecule has 0 radical (unpaired) electrons. The average molecular weight is 352 g/mol. The molecule has 0 fully saturated rings. The predicted octanol–water partition coefficient (Wildman–Crippen LogP) is 5.58. The van der Waals surface area contributed by atoms with Gasteiger partial charge in [-0.3, -0.25) is 9.59 Å². The van der Waals surface area contributed by atoms with Crippen molar-refractivity contribution in [2.75, 3.05) is 10.6 Å². The van der Waals surface area contributed by atoms with Gasteiger partial charge in [0.2, 0.25) is 5.91 Å². The van der Waals surface area contributed by atoms with E-state index in [1.165, 1.54) is 5.56 Å². The summed E-state index contributed by atoms with van der Waals surface area (Å²) in [6, 6.07) is 14.9. The van der Waals surface area contributed by atoms with Gasteiger partial charge < -0.3 is 10.6 Å². The van der Waals surface area contributed by atoms with Gasteiger partial charge in [0.15, 0.2) is 0 Å². The second kappa shape index (κ2) is 9.76. The first-order chi connectivity index (χ1) is 12.5. The molecule has 2 aromatic rings. The number of amides is 2. The Labute approximate surface area is 156 Å². The largest absolute Gasteiger partial charge is 0.326 e. The molecule has 2 aromatic carbocycles. The van der Waals surface area contributed by atoms with Crippen LogP contribution in [-0.2, 0) is 4.79 Å². The van der Waals surface area contributed by atoms with Crippen molar-refractivity contribution >= 4 is 23.2 Å². The molecule has 0 heterocycles. The van der Waals surface area contributed by atoms with Crippen LogP contribution in [0.2, 0.25) is 0 Å². The van der Waals surface area contributed by atoms with Crippen molar-refractivity contribution in [3.05, 3.63) is 59.7 Å². The molecular weight excluding hydrogens is 324 g/mol. The first-order valence-electron chi connectivity index (χ1n) is 9.34. The fraction of sp³-hybridized carbons (Fsp3) is 0.364. The summed E-state index contributed by atoms with van der Waals surface area (Å²) in [5.41, 5.74) is 3.32. The van der Waals surface area contributed by atoms with Gasteiger partial charge in [0, 0.05) is 23.4 Å². The van der Waals surface area contributed by atoms with Gasteiger partial charge in [0.25, 0.3) is 5.91 Å². The lowest BCUT2D eigenvalue weighted by molar-refractivity contribution is -0.116. The standard InChI is InChI=1S/C22H28N2O2/c1-4-6-7-21(25)23-19-14-10-18(11-15-19)22(26)24-20-12-8-17(9-13-20)16(3)5-2/h8-16H,4-7H2,1-3H3,(H,23,25)(H,24,26). The van der Waals surface area contributed by atoms with Crippen LogP contribution in [0.4, 0.5) is 11.4 Å². The van der Waals surface area contributed by atoms with Crippen molar-refractivity contribution in [2.45, 2.75) is 52.4 Å². The Bertz CT molecular complexity index is 721. The first kappa shape index (κ1) is 19.7. The lowest BCUT2D eigenvalue weighted by atomic mass is 9.98. The number of unbranched alkanes of at least 4 members (excludes halogenated alkanes) is 1. The summed E-state index contributed by atoms with van der Waals surface area (Å²) in [7, 11) is 0. The molecule has 0 saturated carbocycles. The van der Waals surface area contributed by atoms with E-state index in [9.17, 15) is 9.59 Å². The Balaban J connectivity index is 1.94. The normalized spacial score (nSPS) is 11.7. The fourth-order valence-corrected chi connectivity index (χ4v) is 2.60. The van der Waals surface area contributed by atoms with Gasteiger partial charge >= 0.3 is 0 Å². The minimum Gasteiger partial charge on any atom is -0.326 e. The highest BCUT2D eigenvalue weighted by Crippen LogP contribution is 2.21. The van der Waals surface area contributed by atoms with Crippen LogP contribution < -0.4 is 10.6 Å². The zero-order valence-corrected chi connectivity index (χ0v) is 15.8. The second-order valence-electron chi connectivity index (χ2n) is 6.61. The minimum atomic E-state index is -0.162. The SMILES string of the molecule is CCCCC(=O)Nc1ccc(C(=O)Nc2ccc(C(C)CC)cc2)cc1. The van der Waals surface area contributed by atoms with Crippen molar-refractivity contribution in [1.82, 2.24) is 0 Å². The van der Waals surface area contributed by atoms with Gasteiger partial charge in [-0.25, -0.2) is 0 Å². The van der Waals surface area contributed by atoms with E-state index in [1.54, 1.807) is 24.3 Å². The third kappa shape index (κ3) is 5.73. The molecule has 1 atom stereocenters. The summed E-state index contributed by atoms with van der Waals surface area (Å²) < 4.78 is 0. The molecule has 1 unspecified atom stereocenters. The molecule has 0 bridgehead atoms. The topological polar surface area (TPSA) is 58.2 Å². The summed E-state index contributed by atoms with van der Waals surface area (Å²) in [4.78, 5) is 24.1. The zero-order chi connectivity index (χ0) is 18.9. The Kier molecular flexibility index (Phi) is 7.39. The van der Waals surface area contributed by atoms with Crippen molar-refractivity contribution in [3.63, 3.8) is 0 Å². The predicted molar refractivity (Wildman–Crippen MR) is 108 cm³/mol. The summed E-state index contributed by atoms with van der Waals surface area (Å²) in [5.74, 6) is 0.357. The van der Waals surface area contributed by atoms with E-state index in [4.69, 9.17) is 0 Å². The van der Waals surface area contributed by atoms with Crippen molar-refractivity contribution < 1.29 is 9.59 Å². The summed E-state index contributed by atoms with van der Waals surface area (Å²) in [6.45, 7) is 6.41. The monoisotopic (exact) mass is 352 g/mol. The van der Waals surface area contributed by atoms with Gasteiger partial charge in [-0.1, -0.05) is 39.3 Å². The van der Waals surface area contributed by atoms with E-state index >= 15 is 0 Å². The molecule has 138 valence electrons. The Morgan fingerprint density at radius 3 is 2.04 bits per heavy atom. The fourth-order valence-electron chi connectivity index (χ4n) is 2.60. The summed E-state index contributed by atoms with van der Waals surface area (Å²) in [6.07, 6.45) is 3.48. The third-order valence-corrected chi connectivity index (χ3v) is 4.54. The highest BCUT2D eigenvalue weighted by atomic mass is 16.2. The minimum absolute atomic E-state index is 0.00505. The van der Waals surface area contributed by atoms with Crippen LogP contribution in [0.25, 0.3) is 0 Å². The zero-order valence-electron chi connectivity index (χ0n) is 15.8. The highest BCUT2D eigenvalue weighted by molar-refractivity contribution is 6.04. The maximum Gasteiger partial charge on any atom is 0.255 e. The van der Waals surface area contributed by atoms with Crippen LogP contribution in [0.5, 0.6) is 0 Å². The van der Waals surface area contributed by atoms with E-state index in [1.807, 2.05) is 12.1 Å². The number of carbonyl (C=O) groups excluding carboxylic acids is 2. The van der Waals surface area contributed by atoms with Crippen molar-refractivity contribution in [2.24, 2.45) is 0 Å². The van der Waals surface area contributed by atoms with Gasteiger partial charge in [-0.2, -0.15) is 0 Å². The van der Waals surface area contributed by atoms with E-state index < -0.39 is 0 Å². The van der Waals surface area contributed by atoms with E-state index in [2.05, 4.69) is 43.5 Å². The molecule has 2 N–H and O–H groups in total. The quantitative estimate of drug-likeness (QED) is 0.651. The molecule has 4 nitrogen and oxygen atoms in total. The van der Waals surface area contributed by atoms with Crippen LogP contribution in [-0.4, -0.2) is 11.8 Å². The summed E-state index contributed by atoms with van der Waals surface area (Å²) in [5, 5.41) is 5.75. The maximum absolute atomic E-state index is 12.4. The summed E-state index contributed by atoms with van der Waals surface area (Å²) >= 11 is 0. The molecular formula is C22H28N2O2. The van der Waals surface area contributed by atoms with E-state index in [-0.39, 0.29) is 11.8 Å². The van der Waals surface area contributed by atoms with Gasteiger partial charge in [-0.15, -0.1) is 0 Å². The number of benzene rings is 2. The third-order valence-electron chi connectivity index (χ3n) is 4.54. The van der Waals surface area contributed by atoms with Gasteiger partial charge in [0.05, 0.1) is 0 Å². The molecule has 0 saturated heterocycles. The van der Waals surface area contributed by atoms with E-state index in [0.717, 1.165) is 24.9 Å². The van der Waals surface area contributed by atoms with Crippen LogP contribution in [0.1, 0.15) is 68.3 Å². The second-order valence-corrected chi connectivity index (χ2v) is 6.61. The van der Waals surface area contributed by atoms with Gasteiger partial charge in [0.1, 0.15) is 0 Å². The number of nitrogens with one attached hydrogen (secondary N) is 2. The number of hydrogen-bond donors (Lipinski definition) is 2. The number of hydrogen-bond acceptors (Lipinski definition) is 2. The molecule has 0 spiro atoms. The van der Waals surface area contributed by atoms with Crippen LogP contribution in [0, 0.1) is 0 Å². The van der Waals surface area contributed by atoms with Gasteiger partial charge in [-0.05, 0) is 60.7 Å². The Morgan fingerprint density at radius 1 is 0.885 bits per heavy atom. The average Bonchev–Trinajstić information content (AvgIpc) is 2.66. The molecule has 2 amide bonds. The highest BCUT2D eigenvalue weighted by Gasteiger charge is 2.08. The van der Waals surface area contributed by atoms with E-state index in [0.29, 0.717) is 23.6 Å². The molecule has 2 rings (SSSR count). The smallest absolute Gasteiger partial charge is 0.255 e. The molecule has 0 aromatic heterocycles. The number of anilines is 2. The number of carbonyl (C=O) groups is 2. The molecule has 4 heteroatoms. The lowest BCUT2D eigenvalue weighted by Gasteiger charge is -2.11. The lowest BCUT2D eigenvalue weighted by Crippen LogP contribution is -2.13. The Hall–Kier alpha value is -2.62. The van der Waals surface area contributed by atoms with Crippen molar-refractivity contribution in [1.29, 1.82) is 0 Å². The van der Waals surface area contributed by atoms with Crippen LogP contribution in [0.3, 0.4) is 0 Å². The number of rotatable bonds is 8. The Morgan fingerprint density at radius 2 is 1.46 bits per heavy atom.